The Hall–Kier alpha value is -2.60. The van der Waals surface area contributed by atoms with Gasteiger partial charge in [-0.25, -0.2) is 0 Å². The molecule has 4 rings (SSSR count). The summed E-state index contributed by atoms with van der Waals surface area (Å²) in [7, 11) is 2.16. The third kappa shape index (κ3) is 3.62. The molecule has 0 atom stereocenters. The van der Waals surface area contributed by atoms with Gasteiger partial charge in [0.2, 0.25) is 5.91 Å². The van der Waals surface area contributed by atoms with E-state index in [1.165, 1.54) is 35.9 Å². The lowest BCUT2D eigenvalue weighted by atomic mass is 9.93. The maximum absolute atomic E-state index is 11.9. The Morgan fingerprint density at radius 1 is 1.22 bits per heavy atom. The minimum absolute atomic E-state index is 0.201. The average molecular weight is 365 g/mol. The minimum Gasteiger partial charge on any atom is -0.369 e. The van der Waals surface area contributed by atoms with Gasteiger partial charge < -0.3 is 15.1 Å². The van der Waals surface area contributed by atoms with Crippen molar-refractivity contribution in [3.8, 4) is 11.3 Å². The first-order chi connectivity index (χ1) is 13.2. The molecule has 6 heteroatoms. The van der Waals surface area contributed by atoms with Crippen LogP contribution < -0.4 is 10.2 Å². The fourth-order valence-electron chi connectivity index (χ4n) is 3.99. The Morgan fingerprint density at radius 3 is 2.78 bits per heavy atom. The van der Waals surface area contributed by atoms with Crippen LogP contribution in [-0.4, -0.2) is 54.2 Å². The quantitative estimate of drug-likeness (QED) is 0.818. The molecule has 1 aromatic carbocycles. The molecule has 0 bridgehead atoms. The molecular weight excluding hydrogens is 338 g/mol. The van der Waals surface area contributed by atoms with Crippen LogP contribution >= 0.6 is 0 Å². The van der Waals surface area contributed by atoms with Crippen molar-refractivity contribution in [2.75, 3.05) is 43.4 Å². The number of carbonyl (C=O) groups is 1. The van der Waals surface area contributed by atoms with Crippen molar-refractivity contribution in [1.82, 2.24) is 15.1 Å². The normalized spacial score (nSPS) is 17.4. The van der Waals surface area contributed by atoms with Crippen molar-refractivity contribution in [3.63, 3.8) is 0 Å². The third-order valence-electron chi connectivity index (χ3n) is 5.63. The number of carbonyl (C=O) groups excluding carboxylic acids is 1. The van der Waals surface area contributed by atoms with E-state index in [1.54, 1.807) is 0 Å². The number of anilines is 2. The van der Waals surface area contributed by atoms with Gasteiger partial charge in [-0.2, -0.15) is 5.10 Å². The molecule has 6 nitrogen and oxygen atoms in total. The SMILES string of the molecule is C=CC(=O)Nc1ccc(N2CCN(C)CC2)cc1-c1n[nH]c2c1CCCC2. The Kier molecular flexibility index (Phi) is 4.99. The maximum atomic E-state index is 11.9. The lowest BCUT2D eigenvalue weighted by molar-refractivity contribution is -0.111. The van der Waals surface area contributed by atoms with Crippen LogP contribution in [0.1, 0.15) is 24.1 Å². The van der Waals surface area contributed by atoms with Crippen molar-refractivity contribution >= 4 is 17.3 Å². The highest BCUT2D eigenvalue weighted by atomic mass is 16.1. The van der Waals surface area contributed by atoms with Gasteiger partial charge in [-0.15, -0.1) is 0 Å². The van der Waals surface area contributed by atoms with E-state index in [0.717, 1.165) is 56.0 Å². The lowest BCUT2D eigenvalue weighted by Crippen LogP contribution is -2.44. The van der Waals surface area contributed by atoms with Gasteiger partial charge in [0.1, 0.15) is 0 Å². The number of aromatic nitrogens is 2. The van der Waals surface area contributed by atoms with Crippen molar-refractivity contribution in [2.45, 2.75) is 25.7 Å². The molecule has 1 fully saturated rings. The van der Waals surface area contributed by atoms with E-state index in [1.807, 2.05) is 6.07 Å². The molecule has 0 radical (unpaired) electrons. The largest absolute Gasteiger partial charge is 0.369 e. The van der Waals surface area contributed by atoms with E-state index in [-0.39, 0.29) is 5.91 Å². The molecule has 2 heterocycles. The first-order valence-corrected chi connectivity index (χ1v) is 9.73. The highest BCUT2D eigenvalue weighted by Crippen LogP contribution is 2.36. The maximum Gasteiger partial charge on any atom is 0.247 e. The standard InChI is InChI=1S/C21H27N5O/c1-3-20(27)22-18-9-8-15(26-12-10-25(2)11-13-26)14-17(18)21-16-6-4-5-7-19(16)23-24-21/h3,8-9,14H,1,4-7,10-13H2,2H3,(H,22,27)(H,23,24). The number of benzene rings is 1. The number of hydrogen-bond acceptors (Lipinski definition) is 4. The first-order valence-electron chi connectivity index (χ1n) is 9.73. The summed E-state index contributed by atoms with van der Waals surface area (Å²) in [5.41, 5.74) is 6.47. The molecule has 1 aliphatic carbocycles. The molecular formula is C21H27N5O. The summed E-state index contributed by atoms with van der Waals surface area (Å²) in [6.07, 6.45) is 5.78. The third-order valence-corrected chi connectivity index (χ3v) is 5.63. The summed E-state index contributed by atoms with van der Waals surface area (Å²) in [5.74, 6) is -0.201. The fraction of sp³-hybridized carbons (Fsp3) is 0.429. The number of piperazine rings is 1. The fourth-order valence-corrected chi connectivity index (χ4v) is 3.99. The number of nitrogens with one attached hydrogen (secondary N) is 2. The number of likely N-dealkylation sites (N-methyl/N-ethyl adjacent to an activating group) is 1. The molecule has 0 unspecified atom stereocenters. The molecule has 0 saturated carbocycles. The molecule has 1 saturated heterocycles. The zero-order valence-corrected chi connectivity index (χ0v) is 15.9. The van der Waals surface area contributed by atoms with E-state index in [0.29, 0.717) is 0 Å². The van der Waals surface area contributed by atoms with Crippen LogP contribution in [0.15, 0.2) is 30.9 Å². The van der Waals surface area contributed by atoms with Gasteiger partial charge in [-0.1, -0.05) is 6.58 Å². The predicted octanol–water partition coefficient (Wildman–Crippen LogP) is 2.83. The van der Waals surface area contributed by atoms with Crippen molar-refractivity contribution in [3.05, 3.63) is 42.1 Å². The second kappa shape index (κ2) is 7.56. The average Bonchev–Trinajstić information content (AvgIpc) is 3.13. The second-order valence-corrected chi connectivity index (χ2v) is 7.45. The number of H-pyrrole nitrogens is 1. The van der Waals surface area contributed by atoms with E-state index in [4.69, 9.17) is 0 Å². The smallest absolute Gasteiger partial charge is 0.247 e. The van der Waals surface area contributed by atoms with Gasteiger partial charge in [0, 0.05) is 48.7 Å². The molecule has 1 aliphatic heterocycles. The highest BCUT2D eigenvalue weighted by Gasteiger charge is 2.22. The Balaban J connectivity index is 1.74. The number of rotatable bonds is 4. The topological polar surface area (TPSA) is 64.3 Å². The molecule has 1 aromatic heterocycles. The minimum atomic E-state index is -0.201. The van der Waals surface area contributed by atoms with Gasteiger partial charge in [-0.3, -0.25) is 9.89 Å². The van der Waals surface area contributed by atoms with Gasteiger partial charge in [0.25, 0.3) is 0 Å². The van der Waals surface area contributed by atoms with Crippen LogP contribution in [0.5, 0.6) is 0 Å². The number of nitrogens with zero attached hydrogens (tertiary/aromatic N) is 3. The molecule has 142 valence electrons. The zero-order chi connectivity index (χ0) is 18.8. The Labute approximate surface area is 160 Å². The molecule has 1 amide bonds. The second-order valence-electron chi connectivity index (χ2n) is 7.45. The Morgan fingerprint density at radius 2 is 2.00 bits per heavy atom. The van der Waals surface area contributed by atoms with E-state index < -0.39 is 0 Å². The first kappa shape index (κ1) is 17.8. The number of fused-ring (bicyclic) bond motifs is 1. The van der Waals surface area contributed by atoms with E-state index in [9.17, 15) is 4.79 Å². The molecule has 27 heavy (non-hydrogen) atoms. The molecule has 0 spiro atoms. The summed E-state index contributed by atoms with van der Waals surface area (Å²) < 4.78 is 0. The van der Waals surface area contributed by atoms with Crippen LogP contribution in [0.4, 0.5) is 11.4 Å². The van der Waals surface area contributed by atoms with Crippen LogP contribution in [0.2, 0.25) is 0 Å². The van der Waals surface area contributed by atoms with Crippen LogP contribution in [0.3, 0.4) is 0 Å². The van der Waals surface area contributed by atoms with Crippen molar-refractivity contribution in [1.29, 1.82) is 0 Å². The number of amides is 1. The summed E-state index contributed by atoms with van der Waals surface area (Å²) in [6, 6.07) is 6.26. The summed E-state index contributed by atoms with van der Waals surface area (Å²) >= 11 is 0. The van der Waals surface area contributed by atoms with Gasteiger partial charge >= 0.3 is 0 Å². The molecule has 2 N–H and O–H groups in total. The number of hydrogen-bond donors (Lipinski definition) is 2. The predicted molar refractivity (Wildman–Crippen MR) is 109 cm³/mol. The Bertz CT molecular complexity index is 848. The van der Waals surface area contributed by atoms with E-state index in [2.05, 4.69) is 51.1 Å². The zero-order valence-electron chi connectivity index (χ0n) is 15.9. The van der Waals surface area contributed by atoms with Crippen molar-refractivity contribution in [2.24, 2.45) is 0 Å². The summed E-state index contributed by atoms with van der Waals surface area (Å²) in [4.78, 5) is 16.7. The summed E-state index contributed by atoms with van der Waals surface area (Å²) in [6.45, 7) is 7.70. The summed E-state index contributed by atoms with van der Waals surface area (Å²) in [5, 5.41) is 10.8. The van der Waals surface area contributed by atoms with Crippen molar-refractivity contribution < 1.29 is 4.79 Å². The van der Waals surface area contributed by atoms with Crippen LogP contribution in [0, 0.1) is 0 Å². The molecule has 2 aromatic rings. The van der Waals surface area contributed by atoms with Gasteiger partial charge in [0.15, 0.2) is 0 Å². The van der Waals surface area contributed by atoms with Crippen LogP contribution in [-0.2, 0) is 17.6 Å². The highest BCUT2D eigenvalue weighted by molar-refractivity contribution is 6.02. The van der Waals surface area contributed by atoms with E-state index >= 15 is 0 Å². The van der Waals surface area contributed by atoms with Gasteiger partial charge in [-0.05, 0) is 57.0 Å². The van der Waals surface area contributed by atoms with Crippen LogP contribution in [0.25, 0.3) is 11.3 Å². The number of aromatic amines is 1. The number of aryl methyl sites for hydroxylation is 1. The van der Waals surface area contributed by atoms with Gasteiger partial charge in [0.05, 0.1) is 11.4 Å². The molecule has 2 aliphatic rings. The lowest BCUT2D eigenvalue weighted by Gasteiger charge is -2.34. The monoisotopic (exact) mass is 365 g/mol.